The van der Waals surface area contributed by atoms with Gasteiger partial charge in [0.15, 0.2) is 0 Å². The van der Waals surface area contributed by atoms with Crippen molar-refractivity contribution < 1.29 is 9.53 Å². The number of nitrogens with one attached hydrogen (secondary N) is 2. The quantitative estimate of drug-likeness (QED) is 0.780. The smallest absolute Gasteiger partial charge is 0.269 e. The average Bonchev–Trinajstić information content (AvgIpc) is 3.33. The van der Waals surface area contributed by atoms with Crippen molar-refractivity contribution in [1.29, 1.82) is 0 Å². The first kappa shape index (κ1) is 16.5. The zero-order valence-corrected chi connectivity index (χ0v) is 14.2. The Morgan fingerprint density at radius 2 is 2.21 bits per heavy atom. The molecule has 128 valence electrons. The summed E-state index contributed by atoms with van der Waals surface area (Å²) < 4.78 is 5.62. The van der Waals surface area contributed by atoms with Gasteiger partial charge >= 0.3 is 0 Å². The lowest BCUT2D eigenvalue weighted by atomic mass is 10.1. The van der Waals surface area contributed by atoms with Crippen molar-refractivity contribution >= 4 is 5.91 Å². The molecule has 3 rings (SSSR count). The summed E-state index contributed by atoms with van der Waals surface area (Å²) in [6.07, 6.45) is 2.54. The monoisotopic (exact) mass is 328 g/mol. The molecule has 0 radical (unpaired) electrons. The van der Waals surface area contributed by atoms with Crippen LogP contribution in [0.25, 0.3) is 11.3 Å². The number of hydrogen-bond acceptors (Lipinski definition) is 4. The maximum absolute atomic E-state index is 12.2. The van der Waals surface area contributed by atoms with Crippen LogP contribution in [-0.2, 0) is 0 Å². The molecule has 1 aliphatic carbocycles. The molecule has 0 spiro atoms. The molecule has 1 fully saturated rings. The van der Waals surface area contributed by atoms with E-state index in [1.807, 2.05) is 31.2 Å². The van der Waals surface area contributed by atoms with Crippen LogP contribution in [0.4, 0.5) is 0 Å². The van der Waals surface area contributed by atoms with Gasteiger partial charge in [0.25, 0.3) is 5.91 Å². The number of likely N-dealkylation sites (N-methyl/N-ethyl adjacent to an activating group) is 1. The van der Waals surface area contributed by atoms with Gasteiger partial charge in [-0.3, -0.25) is 9.89 Å². The molecule has 1 amide bonds. The summed E-state index contributed by atoms with van der Waals surface area (Å²) in [4.78, 5) is 14.5. The molecule has 0 unspecified atom stereocenters. The summed E-state index contributed by atoms with van der Waals surface area (Å²) in [5, 5.41) is 10.0. The van der Waals surface area contributed by atoms with Gasteiger partial charge in [-0.05, 0) is 45.0 Å². The highest BCUT2D eigenvalue weighted by molar-refractivity contribution is 5.93. The highest BCUT2D eigenvalue weighted by Gasteiger charge is 2.25. The van der Waals surface area contributed by atoms with Crippen LogP contribution in [0.2, 0.25) is 0 Å². The molecule has 1 heterocycles. The van der Waals surface area contributed by atoms with Gasteiger partial charge in [0.1, 0.15) is 11.4 Å². The van der Waals surface area contributed by atoms with Crippen molar-refractivity contribution in [2.75, 3.05) is 26.7 Å². The second kappa shape index (κ2) is 7.49. The van der Waals surface area contributed by atoms with Crippen LogP contribution < -0.4 is 10.1 Å². The zero-order valence-electron chi connectivity index (χ0n) is 14.2. The van der Waals surface area contributed by atoms with E-state index in [1.165, 1.54) is 12.8 Å². The SMILES string of the molecule is CCOc1ccccc1-c1cc(C(=O)NCCN(C)C2CC2)[nH]n1. The van der Waals surface area contributed by atoms with Crippen molar-refractivity contribution in [1.82, 2.24) is 20.4 Å². The van der Waals surface area contributed by atoms with Crippen molar-refractivity contribution in [3.63, 3.8) is 0 Å². The number of aromatic amines is 1. The Morgan fingerprint density at radius 3 is 2.96 bits per heavy atom. The van der Waals surface area contributed by atoms with Crippen LogP contribution in [0, 0.1) is 0 Å². The van der Waals surface area contributed by atoms with E-state index >= 15 is 0 Å². The predicted octanol–water partition coefficient (Wildman–Crippen LogP) is 2.30. The Labute approximate surface area is 142 Å². The Bertz CT molecular complexity index is 694. The largest absolute Gasteiger partial charge is 0.493 e. The number of amides is 1. The Morgan fingerprint density at radius 1 is 1.42 bits per heavy atom. The molecule has 6 heteroatoms. The van der Waals surface area contributed by atoms with E-state index < -0.39 is 0 Å². The molecule has 1 aliphatic rings. The maximum atomic E-state index is 12.2. The van der Waals surface area contributed by atoms with E-state index in [2.05, 4.69) is 27.5 Å². The third-order valence-electron chi connectivity index (χ3n) is 4.21. The Balaban J connectivity index is 1.61. The topological polar surface area (TPSA) is 70.2 Å². The number of carbonyl (C=O) groups is 1. The molecule has 1 aromatic carbocycles. The molecule has 0 aliphatic heterocycles. The van der Waals surface area contributed by atoms with E-state index in [0.717, 1.165) is 17.9 Å². The average molecular weight is 328 g/mol. The summed E-state index contributed by atoms with van der Waals surface area (Å²) in [5.41, 5.74) is 2.05. The first-order chi connectivity index (χ1) is 11.7. The number of rotatable bonds is 8. The summed E-state index contributed by atoms with van der Waals surface area (Å²) in [5.74, 6) is 0.636. The van der Waals surface area contributed by atoms with Gasteiger partial charge in [0.2, 0.25) is 0 Å². The summed E-state index contributed by atoms with van der Waals surface area (Å²) in [6.45, 7) is 4.03. The fourth-order valence-corrected chi connectivity index (χ4v) is 2.67. The minimum absolute atomic E-state index is 0.133. The van der Waals surface area contributed by atoms with Crippen molar-refractivity contribution in [3.8, 4) is 17.0 Å². The van der Waals surface area contributed by atoms with E-state index in [0.29, 0.717) is 30.6 Å². The molecule has 1 saturated carbocycles. The molecule has 1 aromatic heterocycles. The van der Waals surface area contributed by atoms with Gasteiger partial charge < -0.3 is 15.0 Å². The summed E-state index contributed by atoms with van der Waals surface area (Å²) in [7, 11) is 2.10. The van der Waals surface area contributed by atoms with Crippen LogP contribution in [-0.4, -0.2) is 53.8 Å². The number of H-pyrrole nitrogens is 1. The molecule has 0 bridgehead atoms. The number of para-hydroxylation sites is 1. The molecule has 2 N–H and O–H groups in total. The van der Waals surface area contributed by atoms with E-state index in [-0.39, 0.29) is 5.91 Å². The lowest BCUT2D eigenvalue weighted by Crippen LogP contribution is -2.34. The van der Waals surface area contributed by atoms with Crippen molar-refractivity contribution in [2.24, 2.45) is 0 Å². The second-order valence-corrected chi connectivity index (χ2v) is 6.06. The predicted molar refractivity (Wildman–Crippen MR) is 93.2 cm³/mol. The second-order valence-electron chi connectivity index (χ2n) is 6.06. The molecule has 0 atom stereocenters. The first-order valence-electron chi connectivity index (χ1n) is 8.45. The number of carbonyl (C=O) groups excluding carboxylic acids is 1. The van der Waals surface area contributed by atoms with Crippen molar-refractivity contribution in [3.05, 3.63) is 36.0 Å². The zero-order chi connectivity index (χ0) is 16.9. The number of benzene rings is 1. The van der Waals surface area contributed by atoms with E-state index in [9.17, 15) is 4.79 Å². The fraction of sp³-hybridized carbons (Fsp3) is 0.444. The van der Waals surface area contributed by atoms with E-state index in [1.54, 1.807) is 6.07 Å². The maximum Gasteiger partial charge on any atom is 0.269 e. The number of nitrogens with zero attached hydrogens (tertiary/aromatic N) is 2. The summed E-state index contributed by atoms with van der Waals surface area (Å²) >= 11 is 0. The van der Waals surface area contributed by atoms with Crippen molar-refractivity contribution in [2.45, 2.75) is 25.8 Å². The van der Waals surface area contributed by atoms with Crippen LogP contribution in [0.5, 0.6) is 5.75 Å². The third kappa shape index (κ3) is 3.94. The first-order valence-corrected chi connectivity index (χ1v) is 8.45. The van der Waals surface area contributed by atoms with Crippen LogP contribution in [0.1, 0.15) is 30.3 Å². The number of ether oxygens (including phenoxy) is 1. The van der Waals surface area contributed by atoms with E-state index in [4.69, 9.17) is 4.74 Å². The molecular formula is C18H24N4O2. The minimum atomic E-state index is -0.133. The normalized spacial score (nSPS) is 14.0. The number of hydrogen-bond donors (Lipinski definition) is 2. The Kier molecular flexibility index (Phi) is 5.15. The summed E-state index contributed by atoms with van der Waals surface area (Å²) in [6, 6.07) is 10.2. The van der Waals surface area contributed by atoms with Gasteiger partial charge in [0, 0.05) is 24.7 Å². The molecule has 0 saturated heterocycles. The van der Waals surface area contributed by atoms with Gasteiger partial charge in [-0.25, -0.2) is 0 Å². The minimum Gasteiger partial charge on any atom is -0.493 e. The number of aromatic nitrogens is 2. The van der Waals surface area contributed by atoms with Gasteiger partial charge in [-0.2, -0.15) is 5.10 Å². The van der Waals surface area contributed by atoms with Gasteiger partial charge in [-0.15, -0.1) is 0 Å². The van der Waals surface area contributed by atoms with Crippen LogP contribution in [0.3, 0.4) is 0 Å². The van der Waals surface area contributed by atoms with Crippen LogP contribution in [0.15, 0.2) is 30.3 Å². The van der Waals surface area contributed by atoms with Gasteiger partial charge in [0.05, 0.1) is 12.3 Å². The Hall–Kier alpha value is -2.34. The molecule has 6 nitrogen and oxygen atoms in total. The molecular weight excluding hydrogens is 304 g/mol. The van der Waals surface area contributed by atoms with Gasteiger partial charge in [-0.1, -0.05) is 12.1 Å². The van der Waals surface area contributed by atoms with Crippen LogP contribution >= 0.6 is 0 Å². The molecule has 2 aromatic rings. The standard InChI is InChI=1S/C18H24N4O2/c1-3-24-17-7-5-4-6-14(17)15-12-16(21-20-15)18(23)19-10-11-22(2)13-8-9-13/h4-7,12-13H,3,8-11H2,1-2H3,(H,19,23)(H,20,21). The lowest BCUT2D eigenvalue weighted by Gasteiger charge is -2.15. The fourth-order valence-electron chi connectivity index (χ4n) is 2.67. The lowest BCUT2D eigenvalue weighted by molar-refractivity contribution is 0.0944. The highest BCUT2D eigenvalue weighted by atomic mass is 16.5. The molecule has 24 heavy (non-hydrogen) atoms. The third-order valence-corrected chi connectivity index (χ3v) is 4.21. The highest BCUT2D eigenvalue weighted by Crippen LogP contribution is 2.28.